The molecule has 0 aliphatic heterocycles. The van der Waals surface area contributed by atoms with E-state index in [-0.39, 0.29) is 10.7 Å². The first-order valence-corrected chi connectivity index (χ1v) is 7.46. The predicted molar refractivity (Wildman–Crippen MR) is 74.8 cm³/mol. The van der Waals surface area contributed by atoms with Gasteiger partial charge in [0, 0.05) is 11.3 Å². The van der Waals surface area contributed by atoms with Crippen molar-refractivity contribution in [2.75, 3.05) is 11.6 Å². The minimum atomic E-state index is -1.10. The molecular formula is C12H15ClN2O2S. The van der Waals surface area contributed by atoms with Crippen LogP contribution in [0, 0.1) is 0 Å². The van der Waals surface area contributed by atoms with Gasteiger partial charge in [0.2, 0.25) is 0 Å². The van der Waals surface area contributed by atoms with Crippen molar-refractivity contribution in [2.24, 2.45) is 0 Å². The fraction of sp³-hybridized carbons (Fsp3) is 0.500. The molecule has 1 heterocycles. The van der Waals surface area contributed by atoms with Crippen molar-refractivity contribution in [3.8, 4) is 0 Å². The Labute approximate surface area is 115 Å². The van der Waals surface area contributed by atoms with E-state index in [1.54, 1.807) is 12.1 Å². The van der Waals surface area contributed by atoms with E-state index in [1.807, 2.05) is 11.8 Å². The minimum absolute atomic E-state index is 0.0962. The largest absolute Gasteiger partial charge is 0.476 e. The summed E-state index contributed by atoms with van der Waals surface area (Å²) in [6.45, 7) is 0. The molecule has 1 saturated carbocycles. The molecule has 1 fully saturated rings. The van der Waals surface area contributed by atoms with Crippen molar-refractivity contribution in [3.63, 3.8) is 0 Å². The topological polar surface area (TPSA) is 62.2 Å². The second-order valence-corrected chi connectivity index (χ2v) is 5.89. The van der Waals surface area contributed by atoms with Crippen molar-refractivity contribution < 1.29 is 9.90 Å². The van der Waals surface area contributed by atoms with Crippen LogP contribution in [-0.2, 0) is 0 Å². The number of thioether (sulfide) groups is 1. The molecule has 2 rings (SSSR count). The molecule has 0 bridgehead atoms. The van der Waals surface area contributed by atoms with Gasteiger partial charge in [0.1, 0.15) is 5.82 Å². The summed E-state index contributed by atoms with van der Waals surface area (Å²) in [6.07, 6.45) is 5.50. The molecule has 1 aliphatic rings. The maximum absolute atomic E-state index is 10.9. The number of hydrogen-bond donors (Lipinski definition) is 2. The number of carboxylic acids is 1. The molecule has 98 valence electrons. The minimum Gasteiger partial charge on any atom is -0.476 e. The zero-order chi connectivity index (χ0) is 13.1. The number of aromatic carboxylic acids is 1. The van der Waals surface area contributed by atoms with E-state index in [1.165, 1.54) is 6.42 Å². The van der Waals surface area contributed by atoms with Gasteiger partial charge in [-0.2, -0.15) is 11.8 Å². The summed E-state index contributed by atoms with van der Waals surface area (Å²) in [7, 11) is 0. The number of pyridine rings is 1. The van der Waals surface area contributed by atoms with Crippen LogP contribution in [0.2, 0.25) is 5.02 Å². The molecule has 1 aromatic heterocycles. The van der Waals surface area contributed by atoms with Gasteiger partial charge in [0.25, 0.3) is 0 Å². The van der Waals surface area contributed by atoms with Crippen LogP contribution < -0.4 is 5.32 Å². The van der Waals surface area contributed by atoms with Crippen molar-refractivity contribution in [2.45, 2.75) is 30.6 Å². The monoisotopic (exact) mass is 286 g/mol. The zero-order valence-electron chi connectivity index (χ0n) is 10.0. The number of carboxylic acid groups (broad SMARTS) is 1. The number of rotatable bonds is 4. The van der Waals surface area contributed by atoms with Crippen LogP contribution in [0.15, 0.2) is 12.1 Å². The van der Waals surface area contributed by atoms with Crippen LogP contribution in [0.1, 0.15) is 29.8 Å². The van der Waals surface area contributed by atoms with Crippen molar-refractivity contribution in [1.82, 2.24) is 4.98 Å². The Morgan fingerprint density at radius 3 is 2.94 bits per heavy atom. The highest BCUT2D eigenvalue weighted by molar-refractivity contribution is 7.99. The first kappa shape index (κ1) is 13.5. The third kappa shape index (κ3) is 3.09. The lowest BCUT2D eigenvalue weighted by molar-refractivity contribution is 0.0691. The number of hydrogen-bond acceptors (Lipinski definition) is 4. The first-order valence-electron chi connectivity index (χ1n) is 5.79. The molecular weight excluding hydrogens is 272 g/mol. The van der Waals surface area contributed by atoms with E-state index >= 15 is 0 Å². The molecule has 2 atom stereocenters. The van der Waals surface area contributed by atoms with E-state index in [2.05, 4.69) is 16.6 Å². The summed E-state index contributed by atoms with van der Waals surface area (Å²) in [6, 6.07) is 3.67. The second kappa shape index (κ2) is 5.80. The lowest BCUT2D eigenvalue weighted by Crippen LogP contribution is -2.17. The van der Waals surface area contributed by atoms with E-state index in [4.69, 9.17) is 16.7 Å². The molecule has 1 aromatic rings. The van der Waals surface area contributed by atoms with Crippen molar-refractivity contribution in [1.29, 1.82) is 0 Å². The molecule has 18 heavy (non-hydrogen) atoms. The Bertz CT molecular complexity index is 456. The predicted octanol–water partition coefficient (Wildman–Crippen LogP) is 3.13. The summed E-state index contributed by atoms with van der Waals surface area (Å²) >= 11 is 7.66. The van der Waals surface area contributed by atoms with Gasteiger partial charge < -0.3 is 10.4 Å². The van der Waals surface area contributed by atoms with Gasteiger partial charge in [0.05, 0.1) is 5.02 Å². The first-order chi connectivity index (χ1) is 8.60. The normalized spacial score (nSPS) is 23.0. The Morgan fingerprint density at radius 2 is 2.33 bits per heavy atom. The third-order valence-corrected chi connectivity index (χ3v) is 4.52. The SMILES string of the molecule is CSC1CCC(Nc2ccc(Cl)c(C(=O)O)n2)C1. The fourth-order valence-electron chi connectivity index (χ4n) is 2.17. The van der Waals surface area contributed by atoms with Crippen molar-refractivity contribution in [3.05, 3.63) is 22.8 Å². The Hall–Kier alpha value is -0.940. The molecule has 1 aliphatic carbocycles. The number of halogens is 1. The average Bonchev–Trinajstić information content (AvgIpc) is 2.79. The van der Waals surface area contributed by atoms with Gasteiger partial charge in [-0.05, 0) is 37.7 Å². The van der Waals surface area contributed by atoms with Gasteiger partial charge in [-0.1, -0.05) is 11.6 Å². The molecule has 0 radical (unpaired) electrons. The number of nitrogens with one attached hydrogen (secondary N) is 1. The van der Waals surface area contributed by atoms with Crippen LogP contribution in [0.25, 0.3) is 0 Å². The maximum Gasteiger partial charge on any atom is 0.356 e. The Balaban J connectivity index is 2.06. The highest BCUT2D eigenvalue weighted by Gasteiger charge is 2.24. The van der Waals surface area contributed by atoms with Crippen LogP contribution in [-0.4, -0.2) is 33.6 Å². The molecule has 6 heteroatoms. The number of nitrogens with zero attached hydrogens (tertiary/aromatic N) is 1. The zero-order valence-corrected chi connectivity index (χ0v) is 11.6. The fourth-order valence-corrected chi connectivity index (χ4v) is 3.15. The Kier molecular flexibility index (Phi) is 4.35. The van der Waals surface area contributed by atoms with Crippen LogP contribution in [0.3, 0.4) is 0 Å². The molecule has 0 amide bonds. The van der Waals surface area contributed by atoms with Gasteiger partial charge in [-0.25, -0.2) is 9.78 Å². The summed E-state index contributed by atoms with van der Waals surface area (Å²) in [5, 5.41) is 13.1. The quantitative estimate of drug-likeness (QED) is 0.890. The molecule has 4 nitrogen and oxygen atoms in total. The van der Waals surface area contributed by atoms with Crippen molar-refractivity contribution >= 4 is 35.1 Å². The van der Waals surface area contributed by atoms with Gasteiger partial charge in [-0.15, -0.1) is 0 Å². The molecule has 2 N–H and O–H groups in total. The summed E-state index contributed by atoms with van der Waals surface area (Å²) in [4.78, 5) is 15.0. The summed E-state index contributed by atoms with van der Waals surface area (Å²) in [5.41, 5.74) is -0.0962. The highest BCUT2D eigenvalue weighted by Crippen LogP contribution is 2.30. The third-order valence-electron chi connectivity index (χ3n) is 3.12. The molecule has 2 unspecified atom stereocenters. The lowest BCUT2D eigenvalue weighted by Gasteiger charge is -2.14. The Morgan fingerprint density at radius 1 is 1.56 bits per heavy atom. The smallest absolute Gasteiger partial charge is 0.356 e. The van der Waals surface area contributed by atoms with Crippen LogP contribution in [0.5, 0.6) is 0 Å². The van der Waals surface area contributed by atoms with Gasteiger partial charge in [0.15, 0.2) is 5.69 Å². The second-order valence-electron chi connectivity index (χ2n) is 4.34. The van der Waals surface area contributed by atoms with Crippen LogP contribution in [0.4, 0.5) is 5.82 Å². The number of anilines is 1. The van der Waals surface area contributed by atoms with Gasteiger partial charge in [-0.3, -0.25) is 0 Å². The molecule has 0 spiro atoms. The average molecular weight is 287 g/mol. The summed E-state index contributed by atoms with van der Waals surface area (Å²) in [5.74, 6) is -0.513. The van der Waals surface area contributed by atoms with Crippen LogP contribution >= 0.6 is 23.4 Å². The highest BCUT2D eigenvalue weighted by atomic mass is 35.5. The standard InChI is InChI=1S/C12H15ClN2O2S/c1-18-8-3-2-7(6-8)14-10-5-4-9(13)11(15-10)12(16)17/h4-5,7-8H,2-3,6H2,1H3,(H,14,15)(H,16,17). The number of carbonyl (C=O) groups is 1. The van der Waals surface area contributed by atoms with E-state index < -0.39 is 5.97 Å². The summed E-state index contributed by atoms with van der Waals surface area (Å²) < 4.78 is 0. The lowest BCUT2D eigenvalue weighted by atomic mass is 10.2. The number of aromatic nitrogens is 1. The van der Waals surface area contributed by atoms with E-state index in [9.17, 15) is 4.79 Å². The maximum atomic E-state index is 10.9. The molecule has 0 aromatic carbocycles. The van der Waals surface area contributed by atoms with E-state index in [0.717, 1.165) is 12.8 Å². The van der Waals surface area contributed by atoms with E-state index in [0.29, 0.717) is 17.1 Å². The van der Waals surface area contributed by atoms with Gasteiger partial charge >= 0.3 is 5.97 Å². The molecule has 0 saturated heterocycles.